The molecule has 0 spiro atoms. The summed E-state index contributed by atoms with van der Waals surface area (Å²) < 4.78 is 1.66. The molecular formula is C14H11ClN2O2. The number of carboxylic acids is 1. The minimum Gasteiger partial charge on any atom is -0.477 e. The summed E-state index contributed by atoms with van der Waals surface area (Å²) in [6.07, 6.45) is 1.84. The largest absolute Gasteiger partial charge is 0.477 e. The lowest BCUT2D eigenvalue weighted by atomic mass is 10.1. The number of carboxylic acid groups (broad SMARTS) is 1. The highest BCUT2D eigenvalue weighted by Gasteiger charge is 2.15. The van der Waals surface area contributed by atoms with E-state index in [1.807, 2.05) is 24.4 Å². The summed E-state index contributed by atoms with van der Waals surface area (Å²) in [5.41, 5.74) is 2.89. The minimum absolute atomic E-state index is 0.256. The first-order valence-electron chi connectivity index (χ1n) is 5.74. The lowest BCUT2D eigenvalue weighted by molar-refractivity contribution is 0.0687. The van der Waals surface area contributed by atoms with E-state index >= 15 is 0 Å². The maximum Gasteiger partial charge on any atom is 0.352 e. The van der Waals surface area contributed by atoms with Gasteiger partial charge in [-0.1, -0.05) is 23.7 Å². The average molecular weight is 275 g/mol. The van der Waals surface area contributed by atoms with Gasteiger partial charge in [0, 0.05) is 24.2 Å². The van der Waals surface area contributed by atoms with Crippen molar-refractivity contribution in [2.24, 2.45) is 7.05 Å². The summed E-state index contributed by atoms with van der Waals surface area (Å²) in [5.74, 6) is -0.938. The van der Waals surface area contributed by atoms with Crippen molar-refractivity contribution < 1.29 is 9.90 Å². The molecular weight excluding hydrogens is 264 g/mol. The smallest absolute Gasteiger partial charge is 0.352 e. The second kappa shape index (κ2) is 4.17. The van der Waals surface area contributed by atoms with Crippen LogP contribution in [0.5, 0.6) is 0 Å². The molecule has 4 nitrogen and oxygen atoms in total. The molecule has 0 bridgehead atoms. The van der Waals surface area contributed by atoms with Gasteiger partial charge in [0.25, 0.3) is 0 Å². The Balaban J connectivity index is 2.26. The van der Waals surface area contributed by atoms with E-state index < -0.39 is 5.97 Å². The molecule has 0 aliphatic rings. The van der Waals surface area contributed by atoms with E-state index in [0.29, 0.717) is 5.02 Å². The topological polar surface area (TPSA) is 58.0 Å². The molecule has 0 aliphatic heterocycles. The van der Waals surface area contributed by atoms with Gasteiger partial charge in [-0.3, -0.25) is 0 Å². The van der Waals surface area contributed by atoms with Gasteiger partial charge < -0.3 is 14.7 Å². The normalized spacial score (nSPS) is 11.1. The third kappa shape index (κ3) is 1.72. The van der Waals surface area contributed by atoms with Crippen molar-refractivity contribution in [1.82, 2.24) is 9.55 Å². The quantitative estimate of drug-likeness (QED) is 0.751. The summed E-state index contributed by atoms with van der Waals surface area (Å²) in [7, 11) is 1.74. The number of H-pyrrole nitrogens is 1. The fourth-order valence-electron chi connectivity index (χ4n) is 2.33. The van der Waals surface area contributed by atoms with Crippen LogP contribution in [0.1, 0.15) is 10.5 Å². The Labute approximate surface area is 114 Å². The van der Waals surface area contributed by atoms with Crippen LogP contribution in [0.4, 0.5) is 0 Å². The number of benzene rings is 1. The summed E-state index contributed by atoms with van der Waals surface area (Å²) in [6.45, 7) is 0. The molecule has 1 aromatic carbocycles. The van der Waals surface area contributed by atoms with Crippen LogP contribution in [0.15, 0.2) is 36.5 Å². The molecule has 0 unspecified atom stereocenters. The molecule has 0 radical (unpaired) electrons. The second-order valence-electron chi connectivity index (χ2n) is 4.33. The van der Waals surface area contributed by atoms with Crippen LogP contribution >= 0.6 is 11.6 Å². The lowest BCUT2D eigenvalue weighted by Crippen LogP contribution is -2.04. The first-order valence-corrected chi connectivity index (χ1v) is 6.12. The molecule has 2 N–H and O–H groups in total. The lowest BCUT2D eigenvalue weighted by Gasteiger charge is -2.04. The highest BCUT2D eigenvalue weighted by Crippen LogP contribution is 2.32. The van der Waals surface area contributed by atoms with Crippen LogP contribution in [0.2, 0.25) is 5.02 Å². The van der Waals surface area contributed by atoms with Crippen LogP contribution in [0.25, 0.3) is 22.2 Å². The molecule has 0 aliphatic carbocycles. The Morgan fingerprint density at radius 1 is 1.32 bits per heavy atom. The van der Waals surface area contributed by atoms with Gasteiger partial charge in [-0.25, -0.2) is 4.79 Å². The fraction of sp³-hybridized carbons (Fsp3) is 0.0714. The van der Waals surface area contributed by atoms with E-state index in [4.69, 9.17) is 16.7 Å². The van der Waals surface area contributed by atoms with E-state index in [0.717, 1.165) is 22.2 Å². The van der Waals surface area contributed by atoms with E-state index in [1.54, 1.807) is 23.7 Å². The van der Waals surface area contributed by atoms with Crippen LogP contribution in [0, 0.1) is 0 Å². The molecule has 0 amide bonds. The first kappa shape index (κ1) is 11.9. The number of aromatic amines is 1. The first-order chi connectivity index (χ1) is 9.09. The van der Waals surface area contributed by atoms with E-state index in [9.17, 15) is 4.79 Å². The van der Waals surface area contributed by atoms with Gasteiger partial charge >= 0.3 is 5.97 Å². The Morgan fingerprint density at radius 2 is 2.11 bits per heavy atom. The zero-order valence-corrected chi connectivity index (χ0v) is 10.9. The summed E-state index contributed by atoms with van der Waals surface area (Å²) in [5, 5.41) is 10.7. The standard InChI is InChI=1S/C14H11ClN2O2/c1-17-11(5-6-12(17)14(18)19)9-7-16-13-8(9)3-2-4-10(13)15/h2-7,16H,1H3,(H,18,19). The van der Waals surface area contributed by atoms with Crippen LogP contribution in [-0.2, 0) is 7.05 Å². The van der Waals surface area contributed by atoms with Crippen molar-refractivity contribution in [3.63, 3.8) is 0 Å². The third-order valence-corrected chi connectivity index (χ3v) is 3.60. The molecule has 2 heterocycles. The Hall–Kier alpha value is -2.20. The van der Waals surface area contributed by atoms with Crippen molar-refractivity contribution >= 4 is 28.5 Å². The average Bonchev–Trinajstić information content (AvgIpc) is 2.93. The maximum atomic E-state index is 11.1. The molecule has 3 aromatic rings. The number of aromatic carboxylic acids is 1. The number of nitrogens with zero attached hydrogens (tertiary/aromatic N) is 1. The van der Waals surface area contributed by atoms with E-state index in [-0.39, 0.29) is 5.69 Å². The SMILES string of the molecule is Cn1c(C(=O)O)ccc1-c1c[nH]c2c(Cl)cccc12. The van der Waals surface area contributed by atoms with E-state index in [2.05, 4.69) is 4.98 Å². The van der Waals surface area contributed by atoms with E-state index in [1.165, 1.54) is 0 Å². The van der Waals surface area contributed by atoms with Gasteiger partial charge in [-0.2, -0.15) is 0 Å². The van der Waals surface area contributed by atoms with Crippen molar-refractivity contribution in [2.75, 3.05) is 0 Å². The number of halogens is 1. The molecule has 19 heavy (non-hydrogen) atoms. The van der Waals surface area contributed by atoms with Crippen molar-refractivity contribution in [3.05, 3.63) is 47.2 Å². The molecule has 3 rings (SSSR count). The molecule has 5 heteroatoms. The number of aromatic nitrogens is 2. The Bertz CT molecular complexity index is 786. The van der Waals surface area contributed by atoms with Crippen molar-refractivity contribution in [2.45, 2.75) is 0 Å². The van der Waals surface area contributed by atoms with Gasteiger partial charge in [0.1, 0.15) is 5.69 Å². The molecule has 0 saturated heterocycles. The predicted molar refractivity (Wildman–Crippen MR) is 74.7 cm³/mol. The minimum atomic E-state index is -0.938. The highest BCUT2D eigenvalue weighted by molar-refractivity contribution is 6.35. The molecule has 0 fully saturated rings. The van der Waals surface area contributed by atoms with Crippen molar-refractivity contribution in [1.29, 1.82) is 0 Å². The molecule has 2 aromatic heterocycles. The van der Waals surface area contributed by atoms with Gasteiger partial charge in [-0.15, -0.1) is 0 Å². The number of hydrogen-bond acceptors (Lipinski definition) is 1. The zero-order valence-electron chi connectivity index (χ0n) is 10.1. The number of nitrogens with one attached hydrogen (secondary N) is 1. The van der Waals surface area contributed by atoms with Crippen LogP contribution in [-0.4, -0.2) is 20.6 Å². The monoisotopic (exact) mass is 274 g/mol. The fourth-order valence-corrected chi connectivity index (χ4v) is 2.55. The van der Waals surface area contributed by atoms with Gasteiger partial charge in [0.15, 0.2) is 0 Å². The number of fused-ring (bicyclic) bond motifs is 1. The Kier molecular flexibility index (Phi) is 2.61. The van der Waals surface area contributed by atoms with Crippen LogP contribution in [0.3, 0.4) is 0 Å². The molecule has 96 valence electrons. The van der Waals surface area contributed by atoms with Gasteiger partial charge in [0.05, 0.1) is 16.2 Å². The van der Waals surface area contributed by atoms with Gasteiger partial charge in [0.2, 0.25) is 0 Å². The van der Waals surface area contributed by atoms with Crippen molar-refractivity contribution in [3.8, 4) is 11.3 Å². The van der Waals surface area contributed by atoms with Gasteiger partial charge in [-0.05, 0) is 18.2 Å². The summed E-state index contributed by atoms with van der Waals surface area (Å²) in [4.78, 5) is 14.2. The summed E-state index contributed by atoms with van der Waals surface area (Å²) in [6, 6.07) is 9.05. The maximum absolute atomic E-state index is 11.1. The number of para-hydroxylation sites is 1. The number of rotatable bonds is 2. The zero-order chi connectivity index (χ0) is 13.6. The number of carbonyl (C=O) groups is 1. The summed E-state index contributed by atoms with van der Waals surface area (Å²) >= 11 is 6.12. The second-order valence-corrected chi connectivity index (χ2v) is 4.74. The number of hydrogen-bond donors (Lipinski definition) is 2. The molecule has 0 atom stereocenters. The van der Waals surface area contributed by atoms with Crippen LogP contribution < -0.4 is 0 Å². The molecule has 0 saturated carbocycles. The highest BCUT2D eigenvalue weighted by atomic mass is 35.5. The predicted octanol–water partition coefficient (Wildman–Crippen LogP) is 3.53. The third-order valence-electron chi connectivity index (χ3n) is 3.28. The Morgan fingerprint density at radius 3 is 2.79 bits per heavy atom.